The Balaban J connectivity index is 2.10. The number of hydrogen-bond donors (Lipinski definition) is 1. The van der Waals surface area contributed by atoms with E-state index in [0.717, 1.165) is 5.56 Å². The number of nitrogens with zero attached hydrogens (tertiary/aromatic N) is 1. The number of carbonyl (C=O) groups is 1. The lowest BCUT2D eigenvalue weighted by Gasteiger charge is -2.26. The minimum absolute atomic E-state index is 0.242. The number of ether oxygens (including phenoxy) is 2. The van der Waals surface area contributed by atoms with Gasteiger partial charge in [0.05, 0.1) is 19.8 Å². The number of rotatable bonds is 4. The quantitative estimate of drug-likeness (QED) is 0.803. The topological polar surface area (TPSA) is 59.9 Å². The average molecular weight is 389 g/mol. The molecule has 5 nitrogen and oxygen atoms in total. The summed E-state index contributed by atoms with van der Waals surface area (Å²) in [5, 5.41) is 3.37. The van der Waals surface area contributed by atoms with Gasteiger partial charge in [-0.25, -0.2) is 9.18 Å². The van der Waals surface area contributed by atoms with Gasteiger partial charge in [-0.1, -0.05) is 17.7 Å². The number of aliphatic imine (C=N–C) groups is 1. The molecular weight excluding hydrogens is 371 g/mol. The Morgan fingerprint density at radius 1 is 1.19 bits per heavy atom. The highest BCUT2D eigenvalue weighted by atomic mass is 35.5. The predicted octanol–water partition coefficient (Wildman–Crippen LogP) is 4.03. The SMILES string of the molecule is COC(=O)C1=C(C)NC(c2ccc(OC)cc2)=NC1c1ccc(Cl)cc1F. The van der Waals surface area contributed by atoms with Crippen LogP contribution in [0, 0.1) is 5.82 Å². The van der Waals surface area contributed by atoms with Crippen LogP contribution < -0.4 is 10.1 Å². The Hall–Kier alpha value is -2.86. The highest BCUT2D eigenvalue weighted by molar-refractivity contribution is 6.30. The fourth-order valence-corrected chi connectivity index (χ4v) is 3.05. The summed E-state index contributed by atoms with van der Waals surface area (Å²) in [5.41, 5.74) is 1.81. The number of nitrogens with one attached hydrogen (secondary N) is 1. The van der Waals surface area contributed by atoms with Gasteiger partial charge in [0.15, 0.2) is 0 Å². The second-order valence-corrected chi connectivity index (χ2v) is 6.37. The van der Waals surface area contributed by atoms with E-state index in [1.54, 1.807) is 32.2 Å². The standard InChI is InChI=1S/C20H18ClFN2O3/c1-11-17(20(25)27-3)18(15-9-6-13(21)10-16(15)22)24-19(23-11)12-4-7-14(26-2)8-5-12/h4-10,18H,1-3H3,(H,23,24). The molecule has 7 heteroatoms. The third kappa shape index (κ3) is 3.80. The van der Waals surface area contributed by atoms with Gasteiger partial charge in [0.1, 0.15) is 23.4 Å². The summed E-state index contributed by atoms with van der Waals surface area (Å²) >= 11 is 5.86. The van der Waals surface area contributed by atoms with Gasteiger partial charge in [0.2, 0.25) is 0 Å². The highest BCUT2D eigenvalue weighted by Gasteiger charge is 2.32. The number of amidine groups is 1. The molecule has 1 heterocycles. The van der Waals surface area contributed by atoms with Gasteiger partial charge in [-0.15, -0.1) is 0 Å². The van der Waals surface area contributed by atoms with Crippen molar-refractivity contribution in [2.75, 3.05) is 14.2 Å². The number of carbonyl (C=O) groups excluding carboxylic acids is 1. The van der Waals surface area contributed by atoms with Gasteiger partial charge in [-0.2, -0.15) is 0 Å². The van der Waals surface area contributed by atoms with Crippen molar-refractivity contribution in [3.8, 4) is 5.75 Å². The second kappa shape index (κ2) is 7.80. The van der Waals surface area contributed by atoms with Crippen molar-refractivity contribution in [3.05, 3.63) is 75.7 Å². The van der Waals surface area contributed by atoms with Gasteiger partial charge < -0.3 is 14.8 Å². The van der Waals surface area contributed by atoms with Crippen LogP contribution in [0.5, 0.6) is 5.75 Å². The lowest BCUT2D eigenvalue weighted by molar-refractivity contribution is -0.136. The minimum atomic E-state index is -0.854. The van der Waals surface area contributed by atoms with Crippen molar-refractivity contribution in [3.63, 3.8) is 0 Å². The molecule has 0 fully saturated rings. The molecule has 3 rings (SSSR count). The Bertz CT molecular complexity index is 939. The Labute approximate surface area is 161 Å². The summed E-state index contributed by atoms with van der Waals surface area (Å²) < 4.78 is 24.6. The molecule has 0 bridgehead atoms. The van der Waals surface area contributed by atoms with Crippen LogP contribution >= 0.6 is 11.6 Å². The van der Waals surface area contributed by atoms with E-state index in [9.17, 15) is 9.18 Å². The molecule has 1 N–H and O–H groups in total. The molecule has 27 heavy (non-hydrogen) atoms. The molecule has 2 aromatic carbocycles. The van der Waals surface area contributed by atoms with Gasteiger partial charge in [-0.3, -0.25) is 4.99 Å². The second-order valence-electron chi connectivity index (χ2n) is 5.93. The number of esters is 1. The molecule has 1 aliphatic rings. The van der Waals surface area contributed by atoms with Gasteiger partial charge in [-0.05, 0) is 43.3 Å². The zero-order valence-corrected chi connectivity index (χ0v) is 15.8. The first-order valence-electron chi connectivity index (χ1n) is 8.18. The maximum Gasteiger partial charge on any atom is 0.338 e. The molecule has 0 amide bonds. The van der Waals surface area contributed by atoms with Crippen LogP contribution in [0.1, 0.15) is 24.1 Å². The number of methoxy groups -OCH3 is 2. The number of allylic oxidation sites excluding steroid dienone is 1. The van der Waals surface area contributed by atoms with Crippen molar-refractivity contribution in [1.82, 2.24) is 5.32 Å². The maximum atomic E-state index is 14.6. The number of hydrogen-bond acceptors (Lipinski definition) is 5. The summed E-state index contributed by atoms with van der Waals surface area (Å²) in [6, 6.07) is 10.7. The molecule has 0 saturated heterocycles. The largest absolute Gasteiger partial charge is 0.497 e. The van der Waals surface area contributed by atoms with E-state index in [1.807, 2.05) is 12.1 Å². The number of halogens is 2. The first kappa shape index (κ1) is 18.9. The molecule has 1 aliphatic heterocycles. The molecular formula is C20H18ClFN2O3. The lowest BCUT2D eigenvalue weighted by Crippen LogP contribution is -2.32. The summed E-state index contributed by atoms with van der Waals surface area (Å²) in [5.74, 6) is 0.110. The number of benzene rings is 2. The summed E-state index contributed by atoms with van der Waals surface area (Å²) in [4.78, 5) is 16.9. The fraction of sp³-hybridized carbons (Fsp3) is 0.200. The van der Waals surface area contributed by atoms with Crippen LogP contribution in [-0.2, 0) is 9.53 Å². The van der Waals surface area contributed by atoms with Crippen LogP contribution in [0.3, 0.4) is 0 Å². The molecule has 0 aliphatic carbocycles. The molecule has 1 unspecified atom stereocenters. The van der Waals surface area contributed by atoms with E-state index in [0.29, 0.717) is 17.3 Å². The molecule has 0 aromatic heterocycles. The highest BCUT2D eigenvalue weighted by Crippen LogP contribution is 2.34. The average Bonchev–Trinajstić information content (AvgIpc) is 2.67. The van der Waals surface area contributed by atoms with Gasteiger partial charge in [0, 0.05) is 21.8 Å². The van der Waals surface area contributed by atoms with E-state index >= 15 is 0 Å². The fourth-order valence-electron chi connectivity index (χ4n) is 2.89. The van der Waals surface area contributed by atoms with Crippen molar-refractivity contribution >= 4 is 23.4 Å². The zero-order chi connectivity index (χ0) is 19.6. The molecule has 140 valence electrons. The van der Waals surface area contributed by atoms with Gasteiger partial charge in [0.25, 0.3) is 0 Å². The molecule has 0 spiro atoms. The van der Waals surface area contributed by atoms with E-state index in [1.165, 1.54) is 19.2 Å². The van der Waals surface area contributed by atoms with E-state index in [4.69, 9.17) is 21.1 Å². The molecule has 1 atom stereocenters. The normalized spacial score (nSPS) is 16.5. The molecule has 0 saturated carbocycles. The summed E-state index contributed by atoms with van der Waals surface area (Å²) in [7, 11) is 2.86. The van der Waals surface area contributed by atoms with E-state index in [-0.39, 0.29) is 16.2 Å². The summed E-state index contributed by atoms with van der Waals surface area (Å²) in [6.45, 7) is 1.73. The maximum absolute atomic E-state index is 14.6. The van der Waals surface area contributed by atoms with Crippen LogP contribution in [0.2, 0.25) is 5.02 Å². The third-order valence-corrected chi connectivity index (χ3v) is 4.50. The first-order valence-corrected chi connectivity index (χ1v) is 8.55. The predicted molar refractivity (Wildman–Crippen MR) is 102 cm³/mol. The van der Waals surface area contributed by atoms with E-state index in [2.05, 4.69) is 10.3 Å². The molecule has 2 aromatic rings. The minimum Gasteiger partial charge on any atom is -0.497 e. The first-order chi connectivity index (χ1) is 12.9. The zero-order valence-electron chi connectivity index (χ0n) is 15.0. The van der Waals surface area contributed by atoms with E-state index < -0.39 is 17.8 Å². The Morgan fingerprint density at radius 2 is 1.89 bits per heavy atom. The van der Waals surface area contributed by atoms with Crippen LogP contribution in [0.4, 0.5) is 4.39 Å². The summed E-state index contributed by atoms with van der Waals surface area (Å²) in [6.07, 6.45) is 0. The van der Waals surface area contributed by atoms with Crippen molar-refractivity contribution in [2.24, 2.45) is 4.99 Å². The monoisotopic (exact) mass is 388 g/mol. The Morgan fingerprint density at radius 3 is 2.48 bits per heavy atom. The van der Waals surface area contributed by atoms with Crippen molar-refractivity contribution in [2.45, 2.75) is 13.0 Å². The lowest BCUT2D eigenvalue weighted by atomic mass is 9.95. The third-order valence-electron chi connectivity index (χ3n) is 4.27. The Kier molecular flexibility index (Phi) is 5.46. The smallest absolute Gasteiger partial charge is 0.338 e. The van der Waals surface area contributed by atoms with Gasteiger partial charge >= 0.3 is 5.97 Å². The van der Waals surface area contributed by atoms with Crippen molar-refractivity contribution in [1.29, 1.82) is 0 Å². The van der Waals surface area contributed by atoms with Crippen LogP contribution in [0.15, 0.2) is 58.7 Å². The van der Waals surface area contributed by atoms with Crippen LogP contribution in [-0.4, -0.2) is 26.0 Å². The van der Waals surface area contributed by atoms with Crippen molar-refractivity contribution < 1.29 is 18.7 Å². The molecule has 0 radical (unpaired) electrons. The van der Waals surface area contributed by atoms with Crippen LogP contribution in [0.25, 0.3) is 0 Å².